The fourth-order valence-corrected chi connectivity index (χ4v) is 2.06. The van der Waals surface area contributed by atoms with Crippen LogP contribution >= 0.6 is 0 Å². The molecule has 2 atom stereocenters. The summed E-state index contributed by atoms with van der Waals surface area (Å²) in [6.45, 7) is 1.69. The molecule has 1 N–H and O–H groups in total. The summed E-state index contributed by atoms with van der Waals surface area (Å²) in [7, 11) is 0. The molecule has 1 heterocycles. The van der Waals surface area contributed by atoms with Gasteiger partial charge >= 0.3 is 0 Å². The van der Waals surface area contributed by atoms with E-state index in [1.807, 2.05) is 30.3 Å². The maximum atomic E-state index is 10.9. The van der Waals surface area contributed by atoms with Crippen molar-refractivity contribution < 1.29 is 9.90 Å². The highest BCUT2D eigenvalue weighted by molar-refractivity contribution is 5.76. The molecule has 3 nitrogen and oxygen atoms in total. The molecule has 1 aromatic rings. The zero-order valence-electron chi connectivity index (χ0n) is 8.69. The molecule has 2 unspecified atom stereocenters. The molecule has 1 aromatic carbocycles. The Kier molecular flexibility index (Phi) is 2.49. The van der Waals surface area contributed by atoms with E-state index in [-0.39, 0.29) is 6.04 Å². The second-order valence-electron chi connectivity index (χ2n) is 4.27. The van der Waals surface area contributed by atoms with Gasteiger partial charge in [-0.15, -0.1) is 0 Å². The minimum Gasteiger partial charge on any atom is -0.548 e. The number of carbonyl (C=O) groups is 1. The van der Waals surface area contributed by atoms with Crippen LogP contribution in [0.1, 0.15) is 31.4 Å². The molecule has 0 saturated carbocycles. The lowest BCUT2D eigenvalue weighted by Gasteiger charge is -2.27. The number of nitrogens with one attached hydrogen (secondary N) is 1. The van der Waals surface area contributed by atoms with Crippen LogP contribution in [0.4, 0.5) is 0 Å². The number of carboxylic acids is 1. The lowest BCUT2D eigenvalue weighted by molar-refractivity contribution is -0.313. The van der Waals surface area contributed by atoms with Crippen LogP contribution in [-0.2, 0) is 4.79 Å². The van der Waals surface area contributed by atoms with Crippen molar-refractivity contribution in [3.8, 4) is 0 Å². The summed E-state index contributed by atoms with van der Waals surface area (Å²) in [5.41, 5.74) is 0.267. The van der Waals surface area contributed by atoms with Gasteiger partial charge in [-0.25, -0.2) is 0 Å². The van der Waals surface area contributed by atoms with Crippen molar-refractivity contribution >= 4 is 5.97 Å². The predicted octanol–water partition coefficient (Wildman–Crippen LogP) is 0.620. The summed E-state index contributed by atoms with van der Waals surface area (Å²) in [4.78, 5) is 10.9. The number of aliphatic carboxylic acids is 1. The Morgan fingerprint density at radius 3 is 2.67 bits per heavy atom. The van der Waals surface area contributed by atoms with Crippen molar-refractivity contribution in [3.63, 3.8) is 0 Å². The molecule has 2 rings (SSSR count). The maximum Gasteiger partial charge on any atom is 0.0613 e. The minimum absolute atomic E-state index is 0.133. The Bertz CT molecular complexity index is 363. The SMILES string of the molecule is CC1(C(=O)[O-])CCC(c2ccccc2)N1. The molecule has 0 aliphatic carbocycles. The van der Waals surface area contributed by atoms with Crippen molar-refractivity contribution in [2.24, 2.45) is 0 Å². The summed E-state index contributed by atoms with van der Waals surface area (Å²) in [6, 6.07) is 10.0. The predicted molar refractivity (Wildman–Crippen MR) is 55.0 cm³/mol. The van der Waals surface area contributed by atoms with E-state index in [1.54, 1.807) is 6.92 Å². The lowest BCUT2D eigenvalue weighted by Crippen LogP contribution is -2.52. The van der Waals surface area contributed by atoms with Gasteiger partial charge < -0.3 is 9.90 Å². The molecule has 3 heteroatoms. The van der Waals surface area contributed by atoms with Gasteiger partial charge in [-0.1, -0.05) is 30.3 Å². The summed E-state index contributed by atoms with van der Waals surface area (Å²) >= 11 is 0. The monoisotopic (exact) mass is 204 g/mol. The Labute approximate surface area is 89.1 Å². The summed E-state index contributed by atoms with van der Waals surface area (Å²) in [6.07, 6.45) is 1.46. The molecule has 0 spiro atoms. The second kappa shape index (κ2) is 3.66. The van der Waals surface area contributed by atoms with Crippen LogP contribution in [0.15, 0.2) is 30.3 Å². The van der Waals surface area contributed by atoms with Gasteiger partial charge in [0.2, 0.25) is 0 Å². The fourth-order valence-electron chi connectivity index (χ4n) is 2.06. The van der Waals surface area contributed by atoms with Gasteiger partial charge in [-0.05, 0) is 25.3 Å². The Morgan fingerprint density at radius 2 is 2.13 bits per heavy atom. The number of rotatable bonds is 2. The van der Waals surface area contributed by atoms with Gasteiger partial charge in [0.1, 0.15) is 0 Å². The quantitative estimate of drug-likeness (QED) is 0.768. The smallest absolute Gasteiger partial charge is 0.0613 e. The molecule has 0 aromatic heterocycles. The third-order valence-corrected chi connectivity index (χ3v) is 3.08. The number of hydrogen-bond donors (Lipinski definition) is 1. The van der Waals surface area contributed by atoms with E-state index in [0.29, 0.717) is 6.42 Å². The van der Waals surface area contributed by atoms with Crippen molar-refractivity contribution in [1.29, 1.82) is 0 Å². The first-order valence-electron chi connectivity index (χ1n) is 5.16. The Balaban J connectivity index is 2.14. The third-order valence-electron chi connectivity index (χ3n) is 3.08. The van der Waals surface area contributed by atoms with Crippen molar-refractivity contribution in [1.82, 2.24) is 5.32 Å². The van der Waals surface area contributed by atoms with Gasteiger partial charge in [0, 0.05) is 6.04 Å². The average Bonchev–Trinajstić information content (AvgIpc) is 2.64. The van der Waals surface area contributed by atoms with Gasteiger partial charge in [0.25, 0.3) is 0 Å². The molecule has 0 amide bonds. The highest BCUT2D eigenvalue weighted by Gasteiger charge is 2.35. The first kappa shape index (κ1) is 10.2. The van der Waals surface area contributed by atoms with E-state index in [2.05, 4.69) is 5.32 Å². The molecular formula is C12H14NO2-. The highest BCUT2D eigenvalue weighted by Crippen LogP contribution is 2.32. The topological polar surface area (TPSA) is 52.2 Å². The van der Waals surface area contributed by atoms with E-state index >= 15 is 0 Å². The van der Waals surface area contributed by atoms with Crippen molar-refractivity contribution in [3.05, 3.63) is 35.9 Å². The Hall–Kier alpha value is -1.35. The first-order valence-corrected chi connectivity index (χ1v) is 5.16. The van der Waals surface area contributed by atoms with E-state index in [4.69, 9.17) is 0 Å². The number of carboxylic acid groups (broad SMARTS) is 1. The van der Waals surface area contributed by atoms with Crippen LogP contribution in [-0.4, -0.2) is 11.5 Å². The zero-order chi connectivity index (χ0) is 10.9. The summed E-state index contributed by atoms with van der Waals surface area (Å²) < 4.78 is 0. The van der Waals surface area contributed by atoms with Crippen LogP contribution in [0.2, 0.25) is 0 Å². The standard InChI is InChI=1S/C12H15NO2/c1-12(11(14)15)8-7-10(13-12)9-5-3-2-4-6-9/h2-6,10,13H,7-8H2,1H3,(H,14,15)/p-1. The van der Waals surface area contributed by atoms with E-state index in [1.165, 1.54) is 0 Å². The largest absolute Gasteiger partial charge is 0.548 e. The molecule has 15 heavy (non-hydrogen) atoms. The summed E-state index contributed by atoms with van der Waals surface area (Å²) in [5, 5.41) is 14.0. The maximum absolute atomic E-state index is 10.9. The number of benzene rings is 1. The van der Waals surface area contributed by atoms with E-state index in [0.717, 1.165) is 12.0 Å². The minimum atomic E-state index is -1.01. The van der Waals surface area contributed by atoms with Crippen molar-refractivity contribution in [2.45, 2.75) is 31.3 Å². The van der Waals surface area contributed by atoms with Gasteiger partial charge in [0.05, 0.1) is 11.5 Å². The second-order valence-corrected chi connectivity index (χ2v) is 4.27. The molecule has 1 aliphatic rings. The van der Waals surface area contributed by atoms with Crippen LogP contribution < -0.4 is 10.4 Å². The molecule has 0 radical (unpaired) electrons. The average molecular weight is 204 g/mol. The lowest BCUT2D eigenvalue weighted by atomic mass is 10.0. The molecule has 0 bridgehead atoms. The van der Waals surface area contributed by atoms with Crippen LogP contribution in [0.5, 0.6) is 0 Å². The number of hydrogen-bond acceptors (Lipinski definition) is 3. The van der Waals surface area contributed by atoms with Crippen LogP contribution in [0.3, 0.4) is 0 Å². The van der Waals surface area contributed by atoms with E-state index < -0.39 is 11.5 Å². The Morgan fingerprint density at radius 1 is 1.47 bits per heavy atom. The molecular weight excluding hydrogens is 190 g/mol. The fraction of sp³-hybridized carbons (Fsp3) is 0.417. The van der Waals surface area contributed by atoms with Crippen LogP contribution in [0.25, 0.3) is 0 Å². The van der Waals surface area contributed by atoms with Crippen LogP contribution in [0, 0.1) is 0 Å². The van der Waals surface area contributed by atoms with Crippen molar-refractivity contribution in [2.75, 3.05) is 0 Å². The van der Waals surface area contributed by atoms with Gasteiger partial charge in [0.15, 0.2) is 0 Å². The van der Waals surface area contributed by atoms with Gasteiger partial charge in [-0.2, -0.15) is 0 Å². The first-order chi connectivity index (χ1) is 7.12. The molecule has 80 valence electrons. The van der Waals surface area contributed by atoms with Gasteiger partial charge in [-0.3, -0.25) is 5.32 Å². The summed E-state index contributed by atoms with van der Waals surface area (Å²) in [5.74, 6) is -1.01. The zero-order valence-corrected chi connectivity index (χ0v) is 8.69. The normalized spacial score (nSPS) is 30.3. The molecule has 1 saturated heterocycles. The molecule has 1 aliphatic heterocycles. The molecule has 1 fully saturated rings. The number of carbonyl (C=O) groups excluding carboxylic acids is 1. The highest BCUT2D eigenvalue weighted by atomic mass is 16.4. The van der Waals surface area contributed by atoms with E-state index in [9.17, 15) is 9.90 Å². The third kappa shape index (κ3) is 1.88.